The van der Waals surface area contributed by atoms with Crippen LogP contribution in [-0.4, -0.2) is 226 Å². The molecular weight excluding hydrogens is 1230 g/mol. The molecule has 27 heteroatoms. The van der Waals surface area contributed by atoms with Crippen molar-refractivity contribution in [3.8, 4) is 0 Å². The van der Waals surface area contributed by atoms with Gasteiger partial charge in [-0.25, -0.2) is 0 Å². The number of Topliss-reactive ketones (excluding diaryl/α,β-unsaturated/α-hetero) is 1. The van der Waals surface area contributed by atoms with Gasteiger partial charge in [-0.05, 0) is 80.4 Å². The van der Waals surface area contributed by atoms with E-state index in [9.17, 15) is 48.3 Å². The molecule has 11 aliphatic heterocycles. The van der Waals surface area contributed by atoms with Gasteiger partial charge in [0.1, 0.15) is 55.7 Å². The van der Waals surface area contributed by atoms with Crippen molar-refractivity contribution in [2.24, 2.45) is 11.8 Å². The maximum atomic E-state index is 14.5. The van der Waals surface area contributed by atoms with Gasteiger partial charge in [-0.1, -0.05) is 56.8 Å². The number of ether oxygens (including phenoxy) is 10. The third-order valence-electron chi connectivity index (χ3n) is 20.3. The molecule has 95 heavy (non-hydrogen) atoms. The molecule has 0 aliphatic carbocycles. The lowest BCUT2D eigenvalue weighted by molar-refractivity contribution is -0.292. The minimum atomic E-state index is -1.16. The Morgan fingerprint density at radius 3 is 2.18 bits per heavy atom. The topological polar surface area (TPSA) is 342 Å². The van der Waals surface area contributed by atoms with Crippen LogP contribution >= 0.6 is 0 Å². The average molecular weight is 1330 g/mol. The number of aliphatic hydroxyl groups is 1. The Morgan fingerprint density at radius 1 is 0.674 bits per heavy atom. The van der Waals surface area contributed by atoms with Crippen molar-refractivity contribution in [1.82, 2.24) is 36.8 Å². The molecule has 0 unspecified atom stereocenters. The highest BCUT2D eigenvalue weighted by Gasteiger charge is 2.69. The first kappa shape index (κ1) is 70.0. The monoisotopic (exact) mass is 1330 g/mol. The molecule has 1 aromatic carbocycles. The molecule has 27 nitrogen and oxygen atoms in total. The van der Waals surface area contributed by atoms with Gasteiger partial charge in [0.15, 0.2) is 5.79 Å². The van der Waals surface area contributed by atoms with Crippen LogP contribution in [0.2, 0.25) is 0 Å². The SMILES string of the molecule is C=C1C[C@@H]2CC[C@@]34C[C@H]5O[C@H]6[C@@H](O3)[C@H]3O[C@H](CC[C@@H]3O[C@H]6[C@H]5O4)CC(=O)C[C@@H]3[C@@H](OC)[C@@H](C[C@H](O)CNC(=O)COCNC(=O)CNC(=O)[C@H](Cc4ccccc4)NC(=O)CNC(=O)CNC(=O)CCCCCN4C(=O)C=CC4=O)O[C@H]3C[C@H]3O[C@@H](CC[C@@H]1O2)C[C@@H](C)C3=C. The first-order chi connectivity index (χ1) is 45.8. The van der Waals surface area contributed by atoms with Crippen LogP contribution in [-0.2, 0) is 96.9 Å². The van der Waals surface area contributed by atoms with Gasteiger partial charge in [-0.3, -0.25) is 48.1 Å². The summed E-state index contributed by atoms with van der Waals surface area (Å²) >= 11 is 0. The maximum Gasteiger partial charge on any atom is 0.253 e. The van der Waals surface area contributed by atoms with E-state index in [1.165, 1.54) is 12.2 Å². The van der Waals surface area contributed by atoms with Crippen LogP contribution in [0.3, 0.4) is 0 Å². The number of hydrogen-bond donors (Lipinski definition) is 7. The largest absolute Gasteiger partial charge is 0.391 e. The van der Waals surface area contributed by atoms with Crippen LogP contribution in [0.15, 0.2) is 66.8 Å². The van der Waals surface area contributed by atoms with Gasteiger partial charge in [-0.15, -0.1) is 0 Å². The smallest absolute Gasteiger partial charge is 0.253 e. The zero-order valence-corrected chi connectivity index (χ0v) is 54.3. The summed E-state index contributed by atoms with van der Waals surface area (Å²) in [4.78, 5) is 116. The number of carbonyl (C=O) groups is 9. The Labute approximate surface area is 552 Å². The number of rotatable bonds is 25. The summed E-state index contributed by atoms with van der Waals surface area (Å²) in [5.74, 6) is -5.59. The molecule has 1 aromatic rings. The number of methoxy groups -OCH3 is 1. The number of carbonyl (C=O) groups excluding carboxylic acids is 9. The summed E-state index contributed by atoms with van der Waals surface area (Å²) in [7, 11) is 1.57. The molecule has 12 rings (SSSR count). The average Bonchev–Trinajstić information content (AvgIpc) is 1.55. The molecule has 0 aromatic heterocycles. The molecule has 10 saturated heterocycles. The first-order valence-electron chi connectivity index (χ1n) is 33.9. The van der Waals surface area contributed by atoms with E-state index < -0.39 is 129 Å². The number of hydrogen-bond acceptors (Lipinski definition) is 20. The number of imide groups is 1. The standard InChI is InChI=1S/C68H93N7O20/c1-37-23-43-14-16-48-38(2)24-45(88-48)20-21-68-30-53-63(94-68)64-65(93-53)66(95-68)62-49(92-64)17-15-44(90-62)26-41(76)27-46-51(29-50(89-43)39(37)3)91-52(61(46)86-4)28-42(77)31-69-58(82)35-87-36-73-56(80)33-72-67(85)47(25-40-11-7-5-8-12-40)74-57(81)34-71-55(79)32-70-54(78)13-9-6-10-22-75-59(83)18-19-60(75)84/h5,7-8,11-12,18-19,37,42-53,61-66,77H,2-3,6,9-10,13-17,20-36H2,1,4H3,(H,69,82)(H,70,78)(H,71,79)(H,72,85)(H,73,80)(H,74,81)/t37-,42+,43+,44-,45+,46+,47+,48+,49+,50-,51+,52-,53-,61-,62+,63+,64+,65-,66+,68+/m1/s1. The lowest BCUT2D eigenvalue weighted by atomic mass is 9.81. The fraction of sp³-hybridized carbons (Fsp3) is 0.691. The Hall–Kier alpha value is -6.37. The molecule has 11 heterocycles. The quantitative estimate of drug-likeness (QED) is 0.0313. The highest BCUT2D eigenvalue weighted by atomic mass is 16.8. The van der Waals surface area contributed by atoms with Crippen molar-refractivity contribution in [1.29, 1.82) is 0 Å². The highest BCUT2D eigenvalue weighted by Crippen LogP contribution is 2.54. The Bertz CT molecular complexity index is 3010. The number of unbranched alkanes of at least 4 members (excludes halogenated alkanes) is 2. The van der Waals surface area contributed by atoms with Gasteiger partial charge >= 0.3 is 0 Å². The van der Waals surface area contributed by atoms with Gasteiger partial charge < -0.3 is 84.4 Å². The van der Waals surface area contributed by atoms with Crippen LogP contribution in [0.1, 0.15) is 122 Å². The van der Waals surface area contributed by atoms with Crippen molar-refractivity contribution in [3.63, 3.8) is 0 Å². The summed E-state index contributed by atoms with van der Waals surface area (Å²) in [6.07, 6.45) is 5.24. The van der Waals surface area contributed by atoms with Crippen molar-refractivity contribution < 1.29 is 95.6 Å². The van der Waals surface area contributed by atoms with Crippen molar-refractivity contribution in [3.05, 3.63) is 72.4 Å². The minimum Gasteiger partial charge on any atom is -0.391 e. The molecule has 8 amide bonds. The molecular formula is C68H93N7O20. The lowest BCUT2D eigenvalue weighted by Crippen LogP contribution is -2.61. The third kappa shape index (κ3) is 17.7. The van der Waals surface area contributed by atoms with Gasteiger partial charge in [0, 0.05) is 89.6 Å². The van der Waals surface area contributed by atoms with Gasteiger partial charge in [-0.2, -0.15) is 0 Å². The van der Waals surface area contributed by atoms with E-state index in [2.05, 4.69) is 52.0 Å². The summed E-state index contributed by atoms with van der Waals surface area (Å²) < 4.78 is 66.1. The fourth-order valence-electron chi connectivity index (χ4n) is 15.4. The van der Waals surface area contributed by atoms with E-state index in [-0.39, 0.29) is 124 Å². The van der Waals surface area contributed by atoms with E-state index >= 15 is 0 Å². The number of nitrogens with zero attached hydrogens (tertiary/aromatic N) is 1. The summed E-state index contributed by atoms with van der Waals surface area (Å²) in [5.41, 5.74) is 2.72. The maximum absolute atomic E-state index is 14.5. The van der Waals surface area contributed by atoms with Crippen LogP contribution in [0.25, 0.3) is 0 Å². The van der Waals surface area contributed by atoms with Crippen LogP contribution in [0, 0.1) is 11.8 Å². The highest BCUT2D eigenvalue weighted by molar-refractivity contribution is 6.12. The second-order valence-electron chi connectivity index (χ2n) is 27.1. The number of fused-ring (bicyclic) bond motifs is 6. The molecule has 1 spiro atoms. The number of aliphatic hydroxyl groups excluding tert-OH is 1. The first-order valence-corrected chi connectivity index (χ1v) is 33.9. The van der Waals surface area contributed by atoms with Crippen LogP contribution in [0.4, 0.5) is 0 Å². The van der Waals surface area contributed by atoms with E-state index in [0.29, 0.717) is 56.9 Å². The number of amides is 8. The molecule has 7 N–H and O–H groups in total. The zero-order valence-electron chi connectivity index (χ0n) is 54.3. The van der Waals surface area contributed by atoms with Crippen molar-refractivity contribution >= 4 is 53.0 Å². The molecule has 0 saturated carbocycles. The van der Waals surface area contributed by atoms with E-state index in [1.54, 1.807) is 37.4 Å². The Balaban J connectivity index is 0.624. The van der Waals surface area contributed by atoms with Crippen molar-refractivity contribution in [2.45, 2.75) is 232 Å². The summed E-state index contributed by atoms with van der Waals surface area (Å²) in [6, 6.07) is 7.65. The second kappa shape index (κ2) is 31.9. The predicted octanol–water partition coefficient (Wildman–Crippen LogP) is 1.25. The molecule has 0 radical (unpaired) electrons. The Morgan fingerprint density at radius 2 is 1.38 bits per heavy atom. The molecule has 11 aliphatic rings. The van der Waals surface area contributed by atoms with Crippen LogP contribution in [0.5, 0.6) is 0 Å². The van der Waals surface area contributed by atoms with Crippen LogP contribution < -0.4 is 31.9 Å². The number of nitrogens with one attached hydrogen (secondary N) is 6. The van der Waals surface area contributed by atoms with Gasteiger partial charge in [0.2, 0.25) is 35.4 Å². The molecule has 12 bridgehead atoms. The molecule has 520 valence electrons. The number of benzene rings is 1. The fourth-order valence-corrected chi connectivity index (χ4v) is 15.4. The summed E-state index contributed by atoms with van der Waals surface area (Å²) in [6.45, 7) is 8.86. The number of ketones is 1. The van der Waals surface area contributed by atoms with Gasteiger partial charge in [0.25, 0.3) is 11.8 Å². The zero-order chi connectivity index (χ0) is 66.9. The molecule has 10 fully saturated rings. The lowest BCUT2D eigenvalue weighted by Gasteiger charge is -2.47. The van der Waals surface area contributed by atoms with E-state index in [1.807, 2.05) is 0 Å². The Kier molecular flexibility index (Phi) is 23.5. The van der Waals surface area contributed by atoms with Crippen molar-refractivity contribution in [2.75, 3.05) is 53.2 Å². The van der Waals surface area contributed by atoms with E-state index in [0.717, 1.165) is 48.2 Å². The molecule has 20 atom stereocenters. The van der Waals surface area contributed by atoms with E-state index in [4.69, 9.17) is 47.4 Å². The third-order valence-corrected chi connectivity index (χ3v) is 20.3. The minimum absolute atomic E-state index is 0.0152. The van der Waals surface area contributed by atoms with Gasteiger partial charge in [0.05, 0.1) is 86.8 Å². The second-order valence-corrected chi connectivity index (χ2v) is 27.1. The predicted molar refractivity (Wildman–Crippen MR) is 335 cm³/mol. The normalized spacial score (nSPS) is 34.6. The summed E-state index contributed by atoms with van der Waals surface area (Å²) in [5, 5.41) is 26.6.